The summed E-state index contributed by atoms with van der Waals surface area (Å²) in [5.41, 5.74) is 0.930. The number of hydrogen-bond donors (Lipinski definition) is 2. The maximum atomic E-state index is 11.9. The van der Waals surface area contributed by atoms with Crippen LogP contribution >= 0.6 is 11.3 Å². The summed E-state index contributed by atoms with van der Waals surface area (Å²) in [5.74, 6) is 0.934. The van der Waals surface area contributed by atoms with Crippen molar-refractivity contribution >= 4 is 22.4 Å². The van der Waals surface area contributed by atoms with Crippen molar-refractivity contribution in [2.45, 2.75) is 25.9 Å². The van der Waals surface area contributed by atoms with Crippen molar-refractivity contribution in [3.8, 4) is 0 Å². The lowest BCUT2D eigenvalue weighted by atomic mass is 10.00. The molecule has 1 saturated carbocycles. The fourth-order valence-electron chi connectivity index (χ4n) is 3.23. The summed E-state index contributed by atoms with van der Waals surface area (Å²) in [6.07, 6.45) is 1.85. The van der Waals surface area contributed by atoms with E-state index in [0.29, 0.717) is 23.5 Å². The quantitative estimate of drug-likeness (QED) is 0.870. The highest BCUT2D eigenvalue weighted by Gasteiger charge is 2.42. The number of thiazole rings is 1. The molecule has 1 saturated heterocycles. The van der Waals surface area contributed by atoms with Gasteiger partial charge in [0.1, 0.15) is 0 Å². The number of aliphatic hydroxyl groups is 1. The molecule has 1 aromatic heterocycles. The molecular formula is C13H19N3O2S. The molecule has 0 spiro atoms. The number of rotatable bonds is 3. The zero-order valence-corrected chi connectivity index (χ0v) is 11.8. The van der Waals surface area contributed by atoms with Crippen molar-refractivity contribution in [1.29, 1.82) is 0 Å². The molecule has 3 unspecified atom stereocenters. The first-order valence-corrected chi connectivity index (χ1v) is 7.62. The molecule has 19 heavy (non-hydrogen) atoms. The minimum absolute atomic E-state index is 0.0104. The molecule has 3 atom stereocenters. The predicted molar refractivity (Wildman–Crippen MR) is 74.1 cm³/mol. The van der Waals surface area contributed by atoms with Crippen LogP contribution in [0.1, 0.15) is 18.5 Å². The van der Waals surface area contributed by atoms with Crippen molar-refractivity contribution in [2.24, 2.45) is 11.8 Å². The number of likely N-dealkylation sites (tertiary alicyclic amines) is 1. The second kappa shape index (κ2) is 5.19. The van der Waals surface area contributed by atoms with Gasteiger partial charge in [-0.2, -0.15) is 0 Å². The van der Waals surface area contributed by atoms with E-state index in [0.717, 1.165) is 31.6 Å². The highest BCUT2D eigenvalue weighted by molar-refractivity contribution is 7.13. The number of fused-ring (bicyclic) bond motifs is 1. The molecule has 3 rings (SSSR count). The van der Waals surface area contributed by atoms with Gasteiger partial charge in [0.05, 0.1) is 18.3 Å². The Bertz CT molecular complexity index is 476. The molecule has 2 N–H and O–H groups in total. The van der Waals surface area contributed by atoms with Crippen molar-refractivity contribution in [2.75, 3.05) is 25.0 Å². The molecule has 6 heteroatoms. The monoisotopic (exact) mass is 281 g/mol. The van der Waals surface area contributed by atoms with Crippen LogP contribution in [0.2, 0.25) is 0 Å². The Morgan fingerprint density at radius 3 is 3.11 bits per heavy atom. The largest absolute Gasteiger partial charge is 0.393 e. The normalized spacial score (nSPS) is 30.5. The zero-order valence-electron chi connectivity index (χ0n) is 11.0. The molecule has 0 radical (unpaired) electrons. The number of nitrogens with zero attached hydrogens (tertiary/aromatic N) is 2. The van der Waals surface area contributed by atoms with Gasteiger partial charge >= 0.3 is 0 Å². The van der Waals surface area contributed by atoms with Gasteiger partial charge in [0.25, 0.3) is 0 Å². The van der Waals surface area contributed by atoms with E-state index in [4.69, 9.17) is 0 Å². The van der Waals surface area contributed by atoms with E-state index in [9.17, 15) is 9.90 Å². The number of amides is 1. The van der Waals surface area contributed by atoms with Crippen LogP contribution in [0.5, 0.6) is 0 Å². The van der Waals surface area contributed by atoms with E-state index in [1.54, 1.807) is 0 Å². The highest BCUT2D eigenvalue weighted by atomic mass is 32.1. The van der Waals surface area contributed by atoms with E-state index in [1.807, 2.05) is 12.3 Å². The standard InChI is InChI=1S/C13H19N3O2S/c1-8-7-19-13(14-8)15-12(18)6-16-4-9-2-3-11(17)10(9)5-16/h7,9-11,17H,2-6H2,1H3,(H,14,15,18). The molecular weight excluding hydrogens is 262 g/mol. The summed E-state index contributed by atoms with van der Waals surface area (Å²) < 4.78 is 0. The predicted octanol–water partition coefficient (Wildman–Crippen LogP) is 1.09. The van der Waals surface area contributed by atoms with Crippen LogP contribution in [0.3, 0.4) is 0 Å². The van der Waals surface area contributed by atoms with Gasteiger partial charge in [0.2, 0.25) is 5.91 Å². The first kappa shape index (κ1) is 13.0. The molecule has 5 nitrogen and oxygen atoms in total. The van der Waals surface area contributed by atoms with Gasteiger partial charge in [0, 0.05) is 24.4 Å². The van der Waals surface area contributed by atoms with Crippen LogP contribution in [-0.2, 0) is 4.79 Å². The summed E-state index contributed by atoms with van der Waals surface area (Å²) in [6, 6.07) is 0. The maximum absolute atomic E-state index is 11.9. The van der Waals surface area contributed by atoms with Crippen LogP contribution in [0.25, 0.3) is 0 Å². The Morgan fingerprint density at radius 2 is 2.42 bits per heavy atom. The van der Waals surface area contributed by atoms with Crippen molar-refractivity contribution in [1.82, 2.24) is 9.88 Å². The molecule has 104 valence electrons. The minimum Gasteiger partial charge on any atom is -0.393 e. The number of hydrogen-bond acceptors (Lipinski definition) is 5. The topological polar surface area (TPSA) is 65.5 Å². The van der Waals surface area contributed by atoms with Crippen molar-refractivity contribution in [3.05, 3.63) is 11.1 Å². The van der Waals surface area contributed by atoms with Crippen LogP contribution in [0.15, 0.2) is 5.38 Å². The van der Waals surface area contributed by atoms with E-state index < -0.39 is 0 Å². The van der Waals surface area contributed by atoms with Crippen LogP contribution in [0.4, 0.5) is 5.13 Å². The van der Waals surface area contributed by atoms with Crippen LogP contribution < -0.4 is 5.32 Å². The summed E-state index contributed by atoms with van der Waals surface area (Å²) >= 11 is 1.45. The molecule has 0 aromatic carbocycles. The third-order valence-electron chi connectivity index (χ3n) is 4.13. The summed E-state index contributed by atoms with van der Waals surface area (Å²) in [4.78, 5) is 18.3. The Morgan fingerprint density at radius 1 is 1.58 bits per heavy atom. The molecule has 2 heterocycles. The number of nitrogens with one attached hydrogen (secondary N) is 1. The van der Waals surface area contributed by atoms with Gasteiger partial charge < -0.3 is 10.4 Å². The fourth-order valence-corrected chi connectivity index (χ4v) is 3.94. The third kappa shape index (κ3) is 2.80. The van der Waals surface area contributed by atoms with Crippen molar-refractivity contribution < 1.29 is 9.90 Å². The average molecular weight is 281 g/mol. The van der Waals surface area contributed by atoms with E-state index in [2.05, 4.69) is 15.2 Å². The Hall–Kier alpha value is -0.980. The molecule has 0 bridgehead atoms. The lowest BCUT2D eigenvalue weighted by Gasteiger charge is -2.16. The fraction of sp³-hybridized carbons (Fsp3) is 0.692. The average Bonchev–Trinajstić information content (AvgIpc) is 2.99. The molecule has 1 aliphatic carbocycles. The van der Waals surface area contributed by atoms with Crippen LogP contribution in [-0.4, -0.2) is 46.6 Å². The lowest BCUT2D eigenvalue weighted by molar-refractivity contribution is -0.117. The number of carbonyl (C=O) groups is 1. The van der Waals surface area contributed by atoms with Gasteiger partial charge in [-0.1, -0.05) is 0 Å². The zero-order chi connectivity index (χ0) is 13.4. The van der Waals surface area contributed by atoms with Gasteiger partial charge in [-0.3, -0.25) is 9.69 Å². The first-order valence-electron chi connectivity index (χ1n) is 6.74. The van der Waals surface area contributed by atoms with Crippen LogP contribution in [0, 0.1) is 18.8 Å². The van der Waals surface area contributed by atoms with E-state index >= 15 is 0 Å². The highest BCUT2D eigenvalue weighted by Crippen LogP contribution is 2.37. The second-order valence-electron chi connectivity index (χ2n) is 5.60. The molecule has 1 aromatic rings. The second-order valence-corrected chi connectivity index (χ2v) is 6.46. The third-order valence-corrected chi connectivity index (χ3v) is 5.00. The maximum Gasteiger partial charge on any atom is 0.240 e. The first-order chi connectivity index (χ1) is 9.11. The summed E-state index contributed by atoms with van der Waals surface area (Å²) in [6.45, 7) is 4.09. The minimum atomic E-state index is -0.167. The van der Waals surface area contributed by atoms with Gasteiger partial charge in [-0.25, -0.2) is 4.98 Å². The molecule has 2 aliphatic rings. The molecule has 1 amide bonds. The van der Waals surface area contributed by atoms with Gasteiger partial charge in [-0.15, -0.1) is 11.3 Å². The summed E-state index contributed by atoms with van der Waals surface area (Å²) in [5, 5.41) is 15.3. The van der Waals surface area contributed by atoms with Gasteiger partial charge in [-0.05, 0) is 25.7 Å². The number of aromatic nitrogens is 1. The Balaban J connectivity index is 1.51. The van der Waals surface area contributed by atoms with E-state index in [-0.39, 0.29) is 12.0 Å². The molecule has 2 fully saturated rings. The lowest BCUT2D eigenvalue weighted by Crippen LogP contribution is -2.33. The Kier molecular flexibility index (Phi) is 3.56. The molecule has 1 aliphatic heterocycles. The summed E-state index contributed by atoms with van der Waals surface area (Å²) in [7, 11) is 0. The van der Waals surface area contributed by atoms with Gasteiger partial charge in [0.15, 0.2) is 5.13 Å². The number of aryl methyl sites for hydroxylation is 1. The smallest absolute Gasteiger partial charge is 0.240 e. The Labute approximate surface area is 116 Å². The SMILES string of the molecule is Cc1csc(NC(=O)CN2CC3CCC(O)C3C2)n1. The van der Waals surface area contributed by atoms with Crippen molar-refractivity contribution in [3.63, 3.8) is 0 Å². The number of carbonyl (C=O) groups excluding carboxylic acids is 1. The van der Waals surface area contributed by atoms with E-state index in [1.165, 1.54) is 11.3 Å². The number of aliphatic hydroxyl groups excluding tert-OH is 1. The number of anilines is 1.